The molecule has 3 aromatic carbocycles. The Morgan fingerprint density at radius 2 is 1.41 bits per heavy atom. The number of aromatic nitrogens is 4. The third-order valence-corrected chi connectivity index (χ3v) is 6.59. The number of fused-ring (bicyclic) bond motifs is 1. The van der Waals surface area contributed by atoms with Crippen LogP contribution in [0.1, 0.15) is 16.7 Å². The number of carbonyl (C=O) groups is 1. The van der Waals surface area contributed by atoms with Gasteiger partial charge in [0.2, 0.25) is 0 Å². The highest BCUT2D eigenvalue weighted by molar-refractivity contribution is 5.96. The van der Waals surface area contributed by atoms with Gasteiger partial charge in [-0.3, -0.25) is 10.00 Å². The molecule has 0 aliphatic carbocycles. The number of aromatic amines is 1. The molecular weight excluding hydrogens is 462 g/mol. The molecular formula is C30H23N5O2. The largest absolute Gasteiger partial charge is 0.465 e. The maximum Gasteiger partial charge on any atom is 0.409 e. The van der Waals surface area contributed by atoms with Crippen LogP contribution >= 0.6 is 0 Å². The molecule has 0 saturated carbocycles. The molecule has 0 aliphatic rings. The highest BCUT2D eigenvalue weighted by atomic mass is 16.4. The molecule has 0 bridgehead atoms. The third kappa shape index (κ3) is 3.83. The Morgan fingerprint density at radius 3 is 1.95 bits per heavy atom. The van der Waals surface area contributed by atoms with Crippen LogP contribution in [0, 0.1) is 0 Å². The van der Waals surface area contributed by atoms with Crippen molar-refractivity contribution in [2.75, 3.05) is 5.32 Å². The number of amides is 1. The van der Waals surface area contributed by atoms with Gasteiger partial charge < -0.3 is 10.1 Å². The van der Waals surface area contributed by atoms with E-state index in [1.807, 2.05) is 77.9 Å². The fourth-order valence-electron chi connectivity index (χ4n) is 5.01. The first-order chi connectivity index (χ1) is 18.2. The lowest BCUT2D eigenvalue weighted by molar-refractivity contribution is 0.209. The van der Waals surface area contributed by atoms with Crippen LogP contribution in [-0.2, 0) is 5.54 Å². The number of H-pyrrole nitrogens is 1. The van der Waals surface area contributed by atoms with E-state index >= 15 is 0 Å². The summed E-state index contributed by atoms with van der Waals surface area (Å²) in [6.07, 6.45) is 6.10. The summed E-state index contributed by atoms with van der Waals surface area (Å²) >= 11 is 0. The summed E-state index contributed by atoms with van der Waals surface area (Å²) in [4.78, 5) is 18.7. The standard InChI is InChI=1S/C30H23N5O2/c36-29(37)34-25-16-26-27(19-32-28(26)31-18-25)21-17-33-35(20-21)30(22-10-4-1-5-11-22,23-12-6-2-7-13-23)24-14-8-3-9-15-24/h1-20,34H,(H,31,32)(H,36,37). The Hall–Kier alpha value is -5.17. The number of rotatable bonds is 6. The fourth-order valence-corrected chi connectivity index (χ4v) is 5.01. The third-order valence-electron chi connectivity index (χ3n) is 6.59. The molecule has 0 fully saturated rings. The number of carboxylic acid groups (broad SMARTS) is 1. The normalized spacial score (nSPS) is 11.5. The van der Waals surface area contributed by atoms with Gasteiger partial charge in [-0.1, -0.05) is 91.0 Å². The van der Waals surface area contributed by atoms with Gasteiger partial charge in [-0.25, -0.2) is 9.78 Å². The van der Waals surface area contributed by atoms with Crippen molar-refractivity contribution >= 4 is 22.8 Å². The van der Waals surface area contributed by atoms with Crippen LogP contribution in [0.5, 0.6) is 0 Å². The molecule has 3 aromatic heterocycles. The van der Waals surface area contributed by atoms with E-state index < -0.39 is 11.6 Å². The Bertz CT molecular complexity index is 1580. The minimum atomic E-state index is -1.13. The van der Waals surface area contributed by atoms with Gasteiger partial charge in [0.05, 0.1) is 18.1 Å². The number of pyridine rings is 1. The molecule has 180 valence electrons. The second kappa shape index (κ2) is 9.13. The number of hydrogen-bond donors (Lipinski definition) is 3. The lowest BCUT2D eigenvalue weighted by Gasteiger charge is -2.36. The molecule has 0 aliphatic heterocycles. The average molecular weight is 486 g/mol. The molecule has 6 aromatic rings. The van der Waals surface area contributed by atoms with Crippen LogP contribution in [-0.4, -0.2) is 30.9 Å². The quantitative estimate of drug-likeness (QED) is 0.239. The van der Waals surface area contributed by atoms with Crippen LogP contribution in [0.3, 0.4) is 0 Å². The van der Waals surface area contributed by atoms with E-state index in [1.54, 1.807) is 6.07 Å². The maximum atomic E-state index is 11.2. The van der Waals surface area contributed by atoms with Crippen molar-refractivity contribution < 1.29 is 9.90 Å². The smallest absolute Gasteiger partial charge is 0.409 e. The molecule has 7 heteroatoms. The summed E-state index contributed by atoms with van der Waals surface area (Å²) in [5.74, 6) is 0. The Labute approximate surface area is 213 Å². The first-order valence-electron chi connectivity index (χ1n) is 11.9. The van der Waals surface area contributed by atoms with Crippen molar-refractivity contribution in [1.82, 2.24) is 19.7 Å². The molecule has 37 heavy (non-hydrogen) atoms. The van der Waals surface area contributed by atoms with Gasteiger partial charge in [0.1, 0.15) is 11.2 Å². The molecule has 7 nitrogen and oxygen atoms in total. The monoisotopic (exact) mass is 485 g/mol. The maximum absolute atomic E-state index is 11.2. The van der Waals surface area contributed by atoms with Crippen LogP contribution in [0.15, 0.2) is 122 Å². The predicted octanol–water partition coefficient (Wildman–Crippen LogP) is 6.36. The SMILES string of the molecule is O=C(O)Nc1cnc2[nH]cc(-c3cnn(C(c4ccccc4)(c4ccccc4)c4ccccc4)c3)c2c1. The Morgan fingerprint density at radius 1 is 0.838 bits per heavy atom. The zero-order valence-corrected chi connectivity index (χ0v) is 19.7. The molecule has 0 spiro atoms. The fraction of sp³-hybridized carbons (Fsp3) is 0.0333. The summed E-state index contributed by atoms with van der Waals surface area (Å²) in [6.45, 7) is 0. The van der Waals surface area contributed by atoms with Gasteiger partial charge in [-0.2, -0.15) is 5.10 Å². The van der Waals surface area contributed by atoms with E-state index in [0.717, 1.165) is 33.2 Å². The van der Waals surface area contributed by atoms with Crippen LogP contribution in [0.25, 0.3) is 22.2 Å². The number of nitrogens with zero attached hydrogens (tertiary/aromatic N) is 3. The van der Waals surface area contributed by atoms with Gasteiger partial charge in [0.15, 0.2) is 0 Å². The van der Waals surface area contributed by atoms with Gasteiger partial charge in [-0.05, 0) is 22.8 Å². The topological polar surface area (TPSA) is 95.8 Å². The van der Waals surface area contributed by atoms with Crippen molar-refractivity contribution in [1.29, 1.82) is 0 Å². The first kappa shape index (κ1) is 22.3. The van der Waals surface area contributed by atoms with E-state index in [-0.39, 0.29) is 0 Å². The summed E-state index contributed by atoms with van der Waals surface area (Å²) < 4.78 is 2.01. The highest BCUT2D eigenvalue weighted by Crippen LogP contribution is 2.41. The van der Waals surface area contributed by atoms with Crippen molar-refractivity contribution in [3.05, 3.63) is 139 Å². The Balaban J connectivity index is 1.58. The van der Waals surface area contributed by atoms with Crippen molar-refractivity contribution in [3.63, 3.8) is 0 Å². The minimum absolute atomic E-state index is 0.403. The Kier molecular flexibility index (Phi) is 5.50. The molecule has 0 radical (unpaired) electrons. The number of hydrogen-bond acceptors (Lipinski definition) is 3. The first-order valence-corrected chi connectivity index (χ1v) is 11.9. The number of anilines is 1. The highest BCUT2D eigenvalue weighted by Gasteiger charge is 2.39. The zero-order chi connectivity index (χ0) is 25.2. The van der Waals surface area contributed by atoms with Crippen LogP contribution in [0.4, 0.5) is 10.5 Å². The minimum Gasteiger partial charge on any atom is -0.465 e. The average Bonchev–Trinajstić information content (AvgIpc) is 3.58. The summed E-state index contributed by atoms with van der Waals surface area (Å²) in [5.41, 5.74) is 5.35. The van der Waals surface area contributed by atoms with E-state index in [9.17, 15) is 4.79 Å². The molecule has 0 unspecified atom stereocenters. The van der Waals surface area contributed by atoms with E-state index in [0.29, 0.717) is 11.3 Å². The second-order valence-electron chi connectivity index (χ2n) is 8.73. The lowest BCUT2D eigenvalue weighted by Crippen LogP contribution is -2.38. The van der Waals surface area contributed by atoms with Gasteiger partial charge in [-0.15, -0.1) is 0 Å². The number of benzene rings is 3. The molecule has 0 atom stereocenters. The molecule has 6 rings (SSSR count). The van der Waals surface area contributed by atoms with Crippen LogP contribution in [0.2, 0.25) is 0 Å². The van der Waals surface area contributed by atoms with Gasteiger partial charge in [0.25, 0.3) is 0 Å². The number of nitrogens with one attached hydrogen (secondary N) is 2. The van der Waals surface area contributed by atoms with E-state index in [1.165, 1.54) is 6.20 Å². The van der Waals surface area contributed by atoms with Gasteiger partial charge >= 0.3 is 6.09 Å². The molecule has 1 amide bonds. The second-order valence-corrected chi connectivity index (χ2v) is 8.73. The molecule has 3 heterocycles. The van der Waals surface area contributed by atoms with Crippen LogP contribution < -0.4 is 5.32 Å². The zero-order valence-electron chi connectivity index (χ0n) is 19.7. The lowest BCUT2D eigenvalue weighted by atomic mass is 9.77. The summed E-state index contributed by atoms with van der Waals surface area (Å²) in [5, 5.41) is 17.2. The van der Waals surface area contributed by atoms with Gasteiger partial charge in [0, 0.05) is 28.9 Å². The van der Waals surface area contributed by atoms with Crippen molar-refractivity contribution in [3.8, 4) is 11.1 Å². The summed E-state index contributed by atoms with van der Waals surface area (Å²) in [6, 6.07) is 32.8. The predicted molar refractivity (Wildman–Crippen MR) is 144 cm³/mol. The summed E-state index contributed by atoms with van der Waals surface area (Å²) in [7, 11) is 0. The van der Waals surface area contributed by atoms with E-state index in [2.05, 4.69) is 51.7 Å². The molecule has 3 N–H and O–H groups in total. The van der Waals surface area contributed by atoms with Crippen molar-refractivity contribution in [2.24, 2.45) is 0 Å². The van der Waals surface area contributed by atoms with Crippen molar-refractivity contribution in [2.45, 2.75) is 5.54 Å². The van der Waals surface area contributed by atoms with E-state index in [4.69, 9.17) is 10.2 Å². The molecule has 0 saturated heterocycles.